The van der Waals surface area contributed by atoms with Crippen LogP contribution in [0.3, 0.4) is 0 Å². The number of ether oxygens (including phenoxy) is 4. The van der Waals surface area contributed by atoms with Gasteiger partial charge >= 0.3 is 5.97 Å². The van der Waals surface area contributed by atoms with Crippen molar-refractivity contribution in [3.8, 4) is 17.2 Å². The summed E-state index contributed by atoms with van der Waals surface area (Å²) in [7, 11) is -3.63. The van der Waals surface area contributed by atoms with E-state index in [1.165, 1.54) is 12.1 Å². The van der Waals surface area contributed by atoms with Gasteiger partial charge in [0.05, 0.1) is 4.90 Å². The van der Waals surface area contributed by atoms with Gasteiger partial charge in [-0.25, -0.2) is 13.1 Å². The molecule has 0 amide bonds. The largest absolute Gasteiger partial charge is 0.490 e. The highest BCUT2D eigenvalue weighted by atomic mass is 32.2. The predicted octanol–water partition coefficient (Wildman–Crippen LogP) is 2.92. The Bertz CT molecular complexity index is 948. The molecule has 168 valence electrons. The topological polar surface area (TPSA) is 100 Å². The lowest BCUT2D eigenvalue weighted by atomic mass is 10.2. The molecule has 31 heavy (non-hydrogen) atoms. The van der Waals surface area contributed by atoms with Crippen LogP contribution in [0.1, 0.15) is 25.7 Å². The number of hydrogen-bond acceptors (Lipinski definition) is 7. The highest BCUT2D eigenvalue weighted by molar-refractivity contribution is 7.89. The van der Waals surface area contributed by atoms with Gasteiger partial charge in [-0.05, 0) is 37.1 Å². The number of nitrogens with one attached hydrogen (secondary N) is 1. The molecule has 0 radical (unpaired) electrons. The van der Waals surface area contributed by atoms with Crippen molar-refractivity contribution in [3.63, 3.8) is 0 Å². The van der Waals surface area contributed by atoms with Crippen LogP contribution >= 0.6 is 0 Å². The van der Waals surface area contributed by atoms with Crippen LogP contribution in [0.2, 0.25) is 0 Å². The van der Waals surface area contributed by atoms with E-state index in [0.717, 1.165) is 5.75 Å². The standard InChI is InChI=1S/C22H27NO7S/c24-22(30-16-13-27-18-7-3-1-4-8-18)9-5-2-6-12-23-31(25,26)19-10-11-20-21(17-19)29-15-14-28-20/h1,3-4,7-8,10-11,17,23H,2,5-6,9,12-16H2. The summed E-state index contributed by atoms with van der Waals surface area (Å²) in [4.78, 5) is 11.9. The average Bonchev–Trinajstić information content (AvgIpc) is 2.79. The van der Waals surface area contributed by atoms with Crippen molar-refractivity contribution < 1.29 is 32.2 Å². The van der Waals surface area contributed by atoms with Crippen LogP contribution in [0, 0.1) is 0 Å². The van der Waals surface area contributed by atoms with Gasteiger partial charge in [-0.3, -0.25) is 4.79 Å². The minimum Gasteiger partial charge on any atom is -0.490 e. The van der Waals surface area contributed by atoms with Gasteiger partial charge < -0.3 is 18.9 Å². The second kappa shape index (κ2) is 11.6. The second-order valence-corrected chi connectivity index (χ2v) is 8.66. The molecule has 0 aromatic heterocycles. The smallest absolute Gasteiger partial charge is 0.305 e. The molecule has 1 aliphatic heterocycles. The Labute approximate surface area is 182 Å². The van der Waals surface area contributed by atoms with Gasteiger partial charge in [0.15, 0.2) is 11.5 Å². The van der Waals surface area contributed by atoms with Crippen molar-refractivity contribution >= 4 is 16.0 Å². The van der Waals surface area contributed by atoms with E-state index in [9.17, 15) is 13.2 Å². The summed E-state index contributed by atoms with van der Waals surface area (Å²) in [5.41, 5.74) is 0. The molecule has 1 heterocycles. The molecule has 0 unspecified atom stereocenters. The Hall–Kier alpha value is -2.78. The van der Waals surface area contributed by atoms with Gasteiger partial charge in [0, 0.05) is 19.0 Å². The number of unbranched alkanes of at least 4 members (excludes halogenated alkanes) is 2. The highest BCUT2D eigenvalue weighted by Crippen LogP contribution is 2.32. The zero-order chi connectivity index (χ0) is 21.9. The van der Waals surface area contributed by atoms with E-state index in [0.29, 0.717) is 57.0 Å². The molecule has 0 bridgehead atoms. The van der Waals surface area contributed by atoms with Gasteiger partial charge in [-0.2, -0.15) is 0 Å². The summed E-state index contributed by atoms with van der Waals surface area (Å²) in [6, 6.07) is 13.9. The Morgan fingerprint density at radius 2 is 1.71 bits per heavy atom. The SMILES string of the molecule is O=C(CCCCCNS(=O)(=O)c1ccc2c(c1)OCCO2)OCCOc1ccccc1. The number of hydrogen-bond donors (Lipinski definition) is 1. The number of carbonyl (C=O) groups excluding carboxylic acids is 1. The maximum atomic E-state index is 12.4. The lowest BCUT2D eigenvalue weighted by Crippen LogP contribution is -2.25. The monoisotopic (exact) mass is 449 g/mol. The molecular formula is C22H27NO7S. The summed E-state index contributed by atoms with van der Waals surface area (Å²) < 4.78 is 48.8. The molecule has 0 fully saturated rings. The maximum absolute atomic E-state index is 12.4. The van der Waals surface area contributed by atoms with E-state index >= 15 is 0 Å². The van der Waals surface area contributed by atoms with Gasteiger partial charge in [0.1, 0.15) is 32.2 Å². The fourth-order valence-corrected chi connectivity index (χ4v) is 4.04. The van der Waals surface area contributed by atoms with E-state index in [4.69, 9.17) is 18.9 Å². The molecule has 3 rings (SSSR count). The van der Waals surface area contributed by atoms with E-state index in [-0.39, 0.29) is 24.0 Å². The molecule has 0 atom stereocenters. The number of carbonyl (C=O) groups is 1. The van der Waals surface area contributed by atoms with Crippen molar-refractivity contribution in [1.29, 1.82) is 0 Å². The van der Waals surface area contributed by atoms with E-state index in [1.54, 1.807) is 6.07 Å². The molecule has 9 heteroatoms. The Morgan fingerprint density at radius 3 is 2.52 bits per heavy atom. The lowest BCUT2D eigenvalue weighted by Gasteiger charge is -2.18. The van der Waals surface area contributed by atoms with Crippen LogP contribution in [0.15, 0.2) is 53.4 Å². The third-order valence-corrected chi connectivity index (χ3v) is 5.99. The molecule has 0 spiro atoms. The fourth-order valence-electron chi connectivity index (χ4n) is 2.96. The maximum Gasteiger partial charge on any atom is 0.305 e. The van der Waals surface area contributed by atoms with Crippen LogP contribution < -0.4 is 18.9 Å². The number of esters is 1. The first kappa shape index (κ1) is 22.9. The second-order valence-electron chi connectivity index (χ2n) is 6.90. The minimum atomic E-state index is -3.63. The molecule has 2 aromatic rings. The van der Waals surface area contributed by atoms with Gasteiger partial charge in [-0.1, -0.05) is 24.6 Å². The Morgan fingerprint density at radius 1 is 0.935 bits per heavy atom. The zero-order valence-corrected chi connectivity index (χ0v) is 18.1. The number of rotatable bonds is 12. The van der Waals surface area contributed by atoms with Crippen molar-refractivity contribution in [2.24, 2.45) is 0 Å². The number of sulfonamides is 1. The van der Waals surface area contributed by atoms with Crippen LogP contribution in [-0.2, 0) is 19.6 Å². The summed E-state index contributed by atoms with van der Waals surface area (Å²) in [5, 5.41) is 0. The number of fused-ring (bicyclic) bond motifs is 1. The van der Waals surface area contributed by atoms with Crippen LogP contribution in [-0.4, -0.2) is 47.4 Å². The molecule has 0 saturated carbocycles. The first-order valence-corrected chi connectivity index (χ1v) is 11.8. The molecular weight excluding hydrogens is 422 g/mol. The van der Waals surface area contributed by atoms with Crippen LogP contribution in [0.5, 0.6) is 17.2 Å². The Balaban J connectivity index is 1.26. The molecule has 2 aromatic carbocycles. The van der Waals surface area contributed by atoms with Crippen molar-refractivity contribution in [2.75, 3.05) is 33.0 Å². The summed E-state index contributed by atoms with van der Waals surface area (Å²) in [6.07, 6.45) is 2.25. The normalized spacial score (nSPS) is 12.9. The Kier molecular flexibility index (Phi) is 8.54. The van der Waals surface area contributed by atoms with E-state index in [1.807, 2.05) is 30.3 Å². The van der Waals surface area contributed by atoms with Gasteiger partial charge in [0.2, 0.25) is 10.0 Å². The fraction of sp³-hybridized carbons (Fsp3) is 0.409. The third kappa shape index (κ3) is 7.45. The van der Waals surface area contributed by atoms with Gasteiger partial charge in [-0.15, -0.1) is 0 Å². The third-order valence-electron chi connectivity index (χ3n) is 4.53. The number of para-hydroxylation sites is 1. The van der Waals surface area contributed by atoms with E-state index < -0.39 is 10.0 Å². The van der Waals surface area contributed by atoms with Crippen molar-refractivity contribution in [2.45, 2.75) is 30.6 Å². The summed E-state index contributed by atoms with van der Waals surface area (Å²) >= 11 is 0. The molecule has 8 nitrogen and oxygen atoms in total. The summed E-state index contributed by atoms with van der Waals surface area (Å²) in [6.45, 7) is 1.63. The van der Waals surface area contributed by atoms with E-state index in [2.05, 4.69) is 4.72 Å². The molecule has 0 saturated heterocycles. The predicted molar refractivity (Wildman–Crippen MR) is 114 cm³/mol. The molecule has 1 N–H and O–H groups in total. The minimum absolute atomic E-state index is 0.137. The first-order valence-electron chi connectivity index (χ1n) is 10.3. The first-order chi connectivity index (χ1) is 15.0. The van der Waals surface area contributed by atoms with Crippen LogP contribution in [0.4, 0.5) is 0 Å². The highest BCUT2D eigenvalue weighted by Gasteiger charge is 2.18. The average molecular weight is 450 g/mol. The number of benzene rings is 2. The quantitative estimate of drug-likeness (QED) is 0.393. The van der Waals surface area contributed by atoms with Gasteiger partial charge in [0.25, 0.3) is 0 Å². The zero-order valence-electron chi connectivity index (χ0n) is 17.2. The van der Waals surface area contributed by atoms with Crippen LogP contribution in [0.25, 0.3) is 0 Å². The molecule has 0 aliphatic carbocycles. The summed E-state index contributed by atoms with van der Waals surface area (Å²) in [5.74, 6) is 1.43. The van der Waals surface area contributed by atoms with Crippen molar-refractivity contribution in [3.05, 3.63) is 48.5 Å². The lowest BCUT2D eigenvalue weighted by molar-refractivity contribution is -0.144. The van der Waals surface area contributed by atoms with Crippen molar-refractivity contribution in [1.82, 2.24) is 4.72 Å². The molecule has 1 aliphatic rings.